The number of imidazole rings is 2. The summed E-state index contributed by atoms with van der Waals surface area (Å²) >= 11 is 0. The predicted octanol–water partition coefficient (Wildman–Crippen LogP) is -1.34. The summed E-state index contributed by atoms with van der Waals surface area (Å²) in [6.07, 6.45) is -7.57. The van der Waals surface area contributed by atoms with E-state index in [0.29, 0.717) is 0 Å². The van der Waals surface area contributed by atoms with Crippen molar-refractivity contribution in [3.05, 3.63) is 29.3 Å². The van der Waals surface area contributed by atoms with Crippen LogP contribution in [0.3, 0.4) is 0 Å². The van der Waals surface area contributed by atoms with Crippen LogP contribution in [0.25, 0.3) is 22.3 Å². The number of aromatic amines is 1. The summed E-state index contributed by atoms with van der Waals surface area (Å²) in [5.41, 5.74) is 11.2. The number of rotatable bonds is 3. The normalized spacial score (nSPS) is 37.1. The maximum atomic E-state index is 16.1. The van der Waals surface area contributed by atoms with Gasteiger partial charge in [0.2, 0.25) is 5.95 Å². The molecule has 4 aromatic rings. The number of phosphoric acid groups is 1. The second kappa shape index (κ2) is 11.4. The number of methoxy groups -OCH3 is 1. The molecule has 21 nitrogen and oxygen atoms in total. The Morgan fingerprint density at radius 3 is 2.46 bits per heavy atom. The molecule has 10 atom stereocenters. The number of phosphoric ester groups is 1. The summed E-state index contributed by atoms with van der Waals surface area (Å²) in [5.74, 6) is -0.163. The van der Waals surface area contributed by atoms with Gasteiger partial charge < -0.3 is 44.2 Å². The minimum absolute atomic E-state index is 0.0183. The van der Waals surface area contributed by atoms with Gasteiger partial charge in [-0.05, 0) is 0 Å². The summed E-state index contributed by atoms with van der Waals surface area (Å²) < 4.78 is 85.6. The van der Waals surface area contributed by atoms with Crippen molar-refractivity contribution in [2.45, 2.75) is 49.1 Å². The van der Waals surface area contributed by atoms with Crippen molar-refractivity contribution in [3.63, 3.8) is 0 Å². The van der Waals surface area contributed by atoms with E-state index < -0.39 is 90.8 Å². The van der Waals surface area contributed by atoms with Crippen molar-refractivity contribution in [2.24, 2.45) is 0 Å². The number of nitrogens with one attached hydrogen (secondary N) is 1. The van der Waals surface area contributed by atoms with E-state index in [2.05, 4.69) is 29.9 Å². The Kier molecular flexibility index (Phi) is 7.75. The molecule has 0 saturated carbocycles. The maximum Gasteiger partial charge on any atom is 0.472 e. The van der Waals surface area contributed by atoms with Crippen LogP contribution in [0.4, 0.5) is 16.2 Å². The lowest BCUT2D eigenvalue weighted by Gasteiger charge is -2.28. The Morgan fingerprint density at radius 2 is 1.70 bits per heavy atom. The number of hydrogen-bond donors (Lipinski definition) is 4. The lowest BCUT2D eigenvalue weighted by Crippen LogP contribution is -2.37. The number of nitrogens with two attached hydrogens (primary N) is 2. The van der Waals surface area contributed by atoms with E-state index in [1.165, 1.54) is 35.2 Å². The highest BCUT2D eigenvalue weighted by atomic mass is 31.2. The third kappa shape index (κ3) is 5.41. The van der Waals surface area contributed by atoms with E-state index in [9.17, 15) is 18.8 Å². The summed E-state index contributed by atoms with van der Waals surface area (Å²) in [6, 6.07) is 0. The predicted molar refractivity (Wildman–Crippen MR) is 155 cm³/mol. The van der Waals surface area contributed by atoms with E-state index in [1.807, 2.05) is 0 Å². The monoisotopic (exact) mass is 687 g/mol. The van der Waals surface area contributed by atoms with E-state index in [4.69, 9.17) is 43.8 Å². The molecule has 3 aliphatic heterocycles. The Labute approximate surface area is 257 Å². The first-order chi connectivity index (χ1) is 21.9. The molecule has 2 bridgehead atoms. The minimum atomic E-state index is -5.01. The highest BCUT2D eigenvalue weighted by Crippen LogP contribution is 2.54. The number of hydrogen-bond acceptors (Lipinski definition) is 17. The maximum absolute atomic E-state index is 16.1. The van der Waals surface area contributed by atoms with Crippen LogP contribution in [0.5, 0.6) is 0 Å². The Balaban J connectivity index is 1.22. The number of aromatic nitrogens is 8. The van der Waals surface area contributed by atoms with E-state index in [1.54, 1.807) is 0 Å². The largest absolute Gasteiger partial charge is 0.472 e. The van der Waals surface area contributed by atoms with Gasteiger partial charge in [-0.1, -0.05) is 0 Å². The second-order valence-electron chi connectivity index (χ2n) is 10.1. The number of nitrogens with zero attached hydrogens (tertiary/aromatic N) is 7. The first-order valence-electron chi connectivity index (χ1n) is 13.1. The first-order valence-corrected chi connectivity index (χ1v) is 15.7. The lowest BCUT2D eigenvalue weighted by atomic mass is 10.1. The van der Waals surface area contributed by atoms with Gasteiger partial charge in [0.25, 0.3) is 5.56 Å². The summed E-state index contributed by atoms with van der Waals surface area (Å²) in [6.45, 7) is -1.14. The Bertz CT molecular complexity index is 1960. The zero-order chi connectivity index (χ0) is 32.5. The Hall–Kier alpha value is -3.37. The SMILES string of the molecule is [BH3-][P@@]1(=O)OCC2OC(n3cnc4c(=O)[nH]c(N)nc43)C(OP(=O)(O)OCC3OC(n4cnc5c(N)ncnc54)C(F)C3O1)C2OC. The fourth-order valence-corrected chi connectivity index (χ4v) is 7.15. The molecule has 0 aromatic carbocycles. The van der Waals surface area contributed by atoms with Gasteiger partial charge in [0.1, 0.15) is 49.8 Å². The molecule has 3 aliphatic rings. The quantitative estimate of drug-likeness (QED) is 0.143. The molecule has 248 valence electrons. The molecule has 0 amide bonds. The van der Waals surface area contributed by atoms with Crippen molar-refractivity contribution < 1.29 is 50.7 Å². The van der Waals surface area contributed by atoms with Crippen molar-refractivity contribution in [1.29, 1.82) is 0 Å². The zero-order valence-electron chi connectivity index (χ0n) is 22.9. The topological polar surface area (TPSA) is 278 Å². The summed E-state index contributed by atoms with van der Waals surface area (Å²) in [5, 5.41) is 0. The van der Waals surface area contributed by atoms with Gasteiger partial charge in [0, 0.05) is 7.11 Å². The van der Waals surface area contributed by atoms with Crippen LogP contribution in [0, 0.1) is 0 Å². The van der Waals surface area contributed by atoms with E-state index in [0.717, 1.165) is 0 Å². The summed E-state index contributed by atoms with van der Waals surface area (Å²) in [4.78, 5) is 45.8. The van der Waals surface area contributed by atoms with Crippen LogP contribution in [0.1, 0.15) is 12.5 Å². The molecule has 0 spiro atoms. The third-order valence-corrected chi connectivity index (χ3v) is 9.18. The molecule has 3 saturated heterocycles. The average molecular weight is 687 g/mol. The average Bonchev–Trinajstić information content (AvgIpc) is 3.75. The molecule has 46 heavy (non-hydrogen) atoms. The Morgan fingerprint density at radius 1 is 1.00 bits per heavy atom. The van der Waals surface area contributed by atoms with E-state index >= 15 is 4.39 Å². The zero-order valence-corrected chi connectivity index (χ0v) is 24.6. The third-order valence-electron chi connectivity index (χ3n) is 7.42. The van der Waals surface area contributed by atoms with Crippen LogP contribution in [0.2, 0.25) is 0 Å². The second-order valence-corrected chi connectivity index (χ2v) is 12.4. The molecule has 4 aromatic heterocycles. The highest BCUT2D eigenvalue weighted by molar-refractivity contribution is 7.79. The van der Waals surface area contributed by atoms with Crippen molar-refractivity contribution >= 4 is 57.0 Å². The van der Waals surface area contributed by atoms with Gasteiger partial charge in [-0.2, -0.15) is 4.98 Å². The van der Waals surface area contributed by atoms with Crippen molar-refractivity contribution in [1.82, 2.24) is 39.0 Å². The van der Waals surface area contributed by atoms with Gasteiger partial charge in [-0.15, -0.1) is 0 Å². The molecule has 7 heterocycles. The van der Waals surface area contributed by atoms with Gasteiger partial charge in [0.15, 0.2) is 41.3 Å². The number of fused-ring (bicyclic) bond motifs is 5. The van der Waals surface area contributed by atoms with E-state index in [-0.39, 0.29) is 34.1 Å². The number of anilines is 2. The van der Waals surface area contributed by atoms with Gasteiger partial charge >= 0.3 is 7.82 Å². The van der Waals surface area contributed by atoms with Crippen LogP contribution < -0.4 is 17.0 Å². The molecule has 3 fully saturated rings. The van der Waals surface area contributed by atoms with Gasteiger partial charge in [-0.25, -0.2) is 28.9 Å². The number of ether oxygens (including phenoxy) is 3. The fourth-order valence-electron chi connectivity index (χ4n) is 5.44. The molecule has 9 unspecified atom stereocenters. The fraction of sp³-hybridized carbons (Fsp3) is 0.524. The number of alkyl halides is 1. The highest BCUT2D eigenvalue weighted by Gasteiger charge is 2.54. The molecular formula is C21H27BFN10O11P2-. The van der Waals surface area contributed by atoms with Crippen LogP contribution in [-0.2, 0) is 41.4 Å². The van der Waals surface area contributed by atoms with Crippen molar-refractivity contribution in [2.75, 3.05) is 31.8 Å². The molecule has 0 radical (unpaired) electrons. The number of nitrogen functional groups attached to an aromatic ring is 2. The van der Waals surface area contributed by atoms with Crippen LogP contribution in [-0.4, -0.2) is 109 Å². The lowest BCUT2D eigenvalue weighted by molar-refractivity contribution is -0.0630. The number of H-pyrrole nitrogens is 1. The first kappa shape index (κ1) is 31.2. The molecule has 6 N–H and O–H groups in total. The van der Waals surface area contributed by atoms with Gasteiger partial charge in [-0.3, -0.25) is 28.0 Å². The summed E-state index contributed by atoms with van der Waals surface area (Å²) in [7, 11) is -8.83. The van der Waals surface area contributed by atoms with Crippen LogP contribution in [0.15, 0.2) is 23.8 Å². The smallest absolute Gasteiger partial charge is 0.382 e. The number of halogens is 1. The molecule has 25 heteroatoms. The van der Waals surface area contributed by atoms with Gasteiger partial charge in [0.05, 0.1) is 33.4 Å². The standard InChI is InChI=1S/C21H27BFN10O11P2/c1-38-13-8-2-39-45(22,35)43-12-7(41-19(9(12)23)32-5-28-10-15(24)26-4-27-16(10)32)3-40-46(36,37)44-14(13)20(42-8)33-6-29-11-17(33)30-21(25)31-18(11)34/h4-9,12-14,19-20H,2-3H2,1,22H3,(H,36,37)(H2,24,26,27)(H3,25,30,31,34)/q-1/t7?,8?,9?,12?,13?,14?,19?,20?,45-/m1/s1. The van der Waals surface area contributed by atoms with Crippen molar-refractivity contribution in [3.8, 4) is 0 Å². The van der Waals surface area contributed by atoms with Crippen LogP contribution >= 0.6 is 15.3 Å². The molecule has 0 aliphatic carbocycles. The molecule has 7 rings (SSSR count). The minimum Gasteiger partial charge on any atom is -0.382 e. The molecular weight excluding hydrogens is 660 g/mol.